The predicted molar refractivity (Wildman–Crippen MR) is 113 cm³/mol. The molecule has 0 aliphatic rings. The van der Waals surface area contributed by atoms with E-state index in [0.29, 0.717) is 23.4 Å². The first-order valence-corrected chi connectivity index (χ1v) is 9.27. The molecular formula is C22H21N5O2. The van der Waals surface area contributed by atoms with E-state index in [0.717, 1.165) is 27.9 Å². The molecule has 146 valence electrons. The summed E-state index contributed by atoms with van der Waals surface area (Å²) in [7, 11) is 0. The van der Waals surface area contributed by atoms with Crippen molar-refractivity contribution in [3.63, 3.8) is 0 Å². The quantitative estimate of drug-likeness (QED) is 0.371. The number of ketones is 1. The van der Waals surface area contributed by atoms with Crippen molar-refractivity contribution in [1.82, 2.24) is 15.0 Å². The van der Waals surface area contributed by atoms with Crippen LogP contribution in [-0.4, -0.2) is 26.6 Å². The van der Waals surface area contributed by atoms with Gasteiger partial charge in [0, 0.05) is 36.9 Å². The fraction of sp³-hybridized carbons (Fsp3) is 0.136. The summed E-state index contributed by atoms with van der Waals surface area (Å²) in [6.45, 7) is 4.13. The minimum atomic E-state index is -0.155. The zero-order valence-corrected chi connectivity index (χ0v) is 16.2. The number of benzene rings is 1. The molecule has 0 saturated heterocycles. The predicted octanol–water partition coefficient (Wildman–Crippen LogP) is 4.27. The minimum absolute atomic E-state index is 0.0216. The lowest BCUT2D eigenvalue weighted by Crippen LogP contribution is -2.11. The van der Waals surface area contributed by atoms with Gasteiger partial charge in [0.1, 0.15) is 5.65 Å². The highest BCUT2D eigenvalue weighted by Gasteiger charge is 2.09. The Hall–Kier alpha value is -3.87. The summed E-state index contributed by atoms with van der Waals surface area (Å²) in [5.74, 6) is -0.177. The van der Waals surface area contributed by atoms with Crippen molar-refractivity contribution in [2.45, 2.75) is 20.4 Å². The lowest BCUT2D eigenvalue weighted by Gasteiger charge is -2.12. The number of carbonyl (C=O) groups is 2. The van der Waals surface area contributed by atoms with Crippen molar-refractivity contribution in [3.05, 3.63) is 77.4 Å². The summed E-state index contributed by atoms with van der Waals surface area (Å²) in [5, 5.41) is 7.15. The number of carbonyl (C=O) groups excluding carboxylic acids is 2. The van der Waals surface area contributed by atoms with E-state index in [-0.39, 0.29) is 11.7 Å². The molecule has 4 rings (SSSR count). The smallest absolute Gasteiger partial charge is 0.257 e. The van der Waals surface area contributed by atoms with E-state index in [1.807, 2.05) is 31.2 Å². The van der Waals surface area contributed by atoms with Crippen LogP contribution >= 0.6 is 0 Å². The van der Waals surface area contributed by atoms with Crippen molar-refractivity contribution >= 4 is 34.1 Å². The maximum Gasteiger partial charge on any atom is 0.257 e. The molecule has 0 aliphatic carbocycles. The van der Waals surface area contributed by atoms with Gasteiger partial charge in [-0.2, -0.15) is 0 Å². The molecule has 0 spiro atoms. The molecule has 1 aromatic carbocycles. The summed E-state index contributed by atoms with van der Waals surface area (Å²) in [4.78, 5) is 34.0. The summed E-state index contributed by atoms with van der Waals surface area (Å²) >= 11 is 0. The van der Waals surface area contributed by atoms with Gasteiger partial charge in [0.05, 0.1) is 23.1 Å². The Morgan fingerprint density at radius 1 is 1.10 bits per heavy atom. The zero-order valence-electron chi connectivity index (χ0n) is 16.2. The number of nitrogens with zero attached hydrogens (tertiary/aromatic N) is 1. The molecule has 29 heavy (non-hydrogen) atoms. The van der Waals surface area contributed by atoms with Crippen LogP contribution in [0, 0.1) is 6.92 Å². The van der Waals surface area contributed by atoms with Gasteiger partial charge in [0.2, 0.25) is 0 Å². The van der Waals surface area contributed by atoms with Crippen LogP contribution in [0.4, 0.5) is 11.4 Å². The summed E-state index contributed by atoms with van der Waals surface area (Å²) in [6.07, 6.45) is 5.11. The van der Waals surface area contributed by atoms with Gasteiger partial charge in [-0.1, -0.05) is 6.07 Å². The second-order valence-electron chi connectivity index (χ2n) is 6.95. The Bertz CT molecular complexity index is 1190. The third kappa shape index (κ3) is 4.03. The molecule has 0 fully saturated rings. The number of aromatic nitrogens is 3. The summed E-state index contributed by atoms with van der Waals surface area (Å²) in [6, 6.07) is 11.3. The van der Waals surface area contributed by atoms with Crippen LogP contribution in [0.15, 0.2) is 55.0 Å². The average molecular weight is 387 g/mol. The van der Waals surface area contributed by atoms with E-state index in [2.05, 4.69) is 25.6 Å². The maximum atomic E-state index is 12.2. The van der Waals surface area contributed by atoms with Crippen LogP contribution in [0.2, 0.25) is 0 Å². The highest BCUT2D eigenvalue weighted by molar-refractivity contribution is 6.04. The molecule has 4 N–H and O–H groups in total. The first-order chi connectivity index (χ1) is 14.0. The number of Topliss-reactive ketones (excluding diaryl/α,β-unsaturated/α-hetero) is 1. The van der Waals surface area contributed by atoms with E-state index in [9.17, 15) is 9.59 Å². The first kappa shape index (κ1) is 18.5. The zero-order chi connectivity index (χ0) is 20.4. The molecular weight excluding hydrogens is 366 g/mol. The molecule has 0 atom stereocenters. The Labute approximate surface area is 167 Å². The van der Waals surface area contributed by atoms with Gasteiger partial charge in [0.25, 0.3) is 5.91 Å². The molecule has 1 amide bonds. The number of aryl methyl sites for hydroxylation is 1. The van der Waals surface area contributed by atoms with E-state index >= 15 is 0 Å². The number of aromatic amines is 2. The van der Waals surface area contributed by atoms with Crippen LogP contribution in [-0.2, 0) is 6.54 Å². The average Bonchev–Trinajstić information content (AvgIpc) is 3.38. The molecule has 3 aromatic heterocycles. The van der Waals surface area contributed by atoms with Crippen molar-refractivity contribution in [2.24, 2.45) is 0 Å². The number of amides is 1. The Morgan fingerprint density at radius 3 is 2.72 bits per heavy atom. The highest BCUT2D eigenvalue weighted by atomic mass is 16.1. The normalized spacial score (nSPS) is 10.8. The number of hydrogen-bond acceptors (Lipinski definition) is 4. The molecule has 7 nitrogen and oxygen atoms in total. The van der Waals surface area contributed by atoms with Crippen molar-refractivity contribution in [1.29, 1.82) is 0 Å². The van der Waals surface area contributed by atoms with Gasteiger partial charge < -0.3 is 20.6 Å². The van der Waals surface area contributed by atoms with Crippen LogP contribution in [0.25, 0.3) is 11.0 Å². The monoisotopic (exact) mass is 387 g/mol. The lowest BCUT2D eigenvalue weighted by atomic mass is 10.1. The fourth-order valence-corrected chi connectivity index (χ4v) is 3.11. The maximum absolute atomic E-state index is 12.2. The standard InChI is InChI=1S/C22H21N5O2/c1-13-3-4-18(26-22(29)15-5-6-23-10-15)8-17(13)11-24-19-7-16-9-20(14(2)28)27-21(16)25-12-19/h3-10,12,23-24H,11H2,1-2H3,(H,25,27)(H,26,29). The third-order valence-corrected chi connectivity index (χ3v) is 4.80. The van der Waals surface area contributed by atoms with Gasteiger partial charge in [0.15, 0.2) is 5.78 Å². The fourth-order valence-electron chi connectivity index (χ4n) is 3.11. The number of pyridine rings is 1. The van der Waals surface area contributed by atoms with Crippen molar-refractivity contribution in [3.8, 4) is 0 Å². The minimum Gasteiger partial charge on any atom is -0.380 e. The molecule has 0 aliphatic heterocycles. The van der Waals surface area contributed by atoms with Crippen molar-refractivity contribution < 1.29 is 9.59 Å². The number of nitrogens with one attached hydrogen (secondary N) is 4. The molecule has 0 saturated carbocycles. The number of hydrogen-bond donors (Lipinski definition) is 4. The Kier molecular flexibility index (Phi) is 4.87. The van der Waals surface area contributed by atoms with Crippen LogP contribution in [0.1, 0.15) is 38.9 Å². The summed E-state index contributed by atoms with van der Waals surface area (Å²) in [5.41, 5.74) is 5.60. The highest BCUT2D eigenvalue weighted by Crippen LogP contribution is 2.21. The van der Waals surface area contributed by atoms with Gasteiger partial charge in [-0.3, -0.25) is 9.59 Å². The second kappa shape index (κ2) is 7.63. The van der Waals surface area contributed by atoms with E-state index in [1.54, 1.807) is 30.7 Å². The van der Waals surface area contributed by atoms with Crippen LogP contribution < -0.4 is 10.6 Å². The molecule has 4 aromatic rings. The largest absolute Gasteiger partial charge is 0.380 e. The number of fused-ring (bicyclic) bond motifs is 1. The van der Waals surface area contributed by atoms with Gasteiger partial charge in [-0.05, 0) is 48.4 Å². The topological polar surface area (TPSA) is 103 Å². The number of anilines is 2. The van der Waals surface area contributed by atoms with E-state index in [4.69, 9.17) is 0 Å². The molecule has 3 heterocycles. The van der Waals surface area contributed by atoms with Crippen molar-refractivity contribution in [2.75, 3.05) is 10.6 Å². The van der Waals surface area contributed by atoms with E-state index < -0.39 is 0 Å². The molecule has 0 unspecified atom stereocenters. The molecule has 0 radical (unpaired) electrons. The van der Waals surface area contributed by atoms with Crippen LogP contribution in [0.5, 0.6) is 0 Å². The lowest BCUT2D eigenvalue weighted by molar-refractivity contribution is 0.101. The number of H-pyrrole nitrogens is 2. The van der Waals surface area contributed by atoms with Gasteiger partial charge >= 0.3 is 0 Å². The van der Waals surface area contributed by atoms with E-state index in [1.165, 1.54) is 6.92 Å². The molecule has 0 bridgehead atoms. The Balaban J connectivity index is 1.48. The van der Waals surface area contributed by atoms with Gasteiger partial charge in [-0.25, -0.2) is 4.98 Å². The number of rotatable bonds is 6. The Morgan fingerprint density at radius 2 is 1.97 bits per heavy atom. The van der Waals surface area contributed by atoms with Gasteiger partial charge in [-0.15, -0.1) is 0 Å². The molecule has 7 heteroatoms. The second-order valence-corrected chi connectivity index (χ2v) is 6.95. The van der Waals surface area contributed by atoms with Crippen LogP contribution in [0.3, 0.4) is 0 Å². The summed E-state index contributed by atoms with van der Waals surface area (Å²) < 4.78 is 0. The first-order valence-electron chi connectivity index (χ1n) is 9.27. The SMILES string of the molecule is CC(=O)c1cc2cc(NCc3cc(NC(=O)c4cc[nH]c4)ccc3C)cnc2[nH]1. The third-order valence-electron chi connectivity index (χ3n) is 4.80.